The Bertz CT molecular complexity index is 1350. The van der Waals surface area contributed by atoms with Gasteiger partial charge in [0.2, 0.25) is 5.91 Å². The SMILES string of the molecule is O=C(Cc1ccno1)N(Cc1cc(-c2ccc3ncnc(NC4CC4)c3c2)ccc1F)C1CC1. The number of rotatable bonds is 8. The zero-order valence-electron chi connectivity index (χ0n) is 18.6. The molecule has 2 aliphatic carbocycles. The van der Waals surface area contributed by atoms with Crippen LogP contribution in [0.5, 0.6) is 0 Å². The van der Waals surface area contributed by atoms with Crippen molar-refractivity contribution < 1.29 is 13.7 Å². The third-order valence-electron chi connectivity index (χ3n) is 6.40. The normalized spacial score (nSPS) is 15.4. The van der Waals surface area contributed by atoms with Gasteiger partial charge in [-0.25, -0.2) is 14.4 Å². The molecule has 2 aliphatic rings. The van der Waals surface area contributed by atoms with Crippen molar-refractivity contribution in [1.82, 2.24) is 20.0 Å². The van der Waals surface area contributed by atoms with Crippen molar-refractivity contribution in [2.75, 3.05) is 5.32 Å². The standard InChI is InChI=1S/C26H24FN5O2/c27-23-7-1-16(17-2-8-24-22(12-17)26(29-15-28-24)31-19-3-4-19)11-18(23)14-32(20-5-6-20)25(33)13-21-9-10-30-34-21/h1-2,7-12,15,19-20H,3-6,13-14H2,(H,28,29,31). The highest BCUT2D eigenvalue weighted by Gasteiger charge is 2.33. The Hall–Kier alpha value is -3.81. The summed E-state index contributed by atoms with van der Waals surface area (Å²) < 4.78 is 19.9. The predicted octanol–water partition coefficient (Wildman–Crippen LogP) is 4.73. The van der Waals surface area contributed by atoms with Crippen LogP contribution in [0.15, 0.2) is 59.5 Å². The lowest BCUT2D eigenvalue weighted by molar-refractivity contribution is -0.132. The van der Waals surface area contributed by atoms with Crippen LogP contribution in [0.2, 0.25) is 0 Å². The van der Waals surface area contributed by atoms with E-state index in [9.17, 15) is 9.18 Å². The monoisotopic (exact) mass is 457 g/mol. The van der Waals surface area contributed by atoms with Gasteiger partial charge in [-0.2, -0.15) is 0 Å². The summed E-state index contributed by atoms with van der Waals surface area (Å²) in [6.07, 6.45) is 7.39. The highest BCUT2D eigenvalue weighted by Crippen LogP contribution is 2.33. The molecular weight excluding hydrogens is 433 g/mol. The highest BCUT2D eigenvalue weighted by atomic mass is 19.1. The third-order valence-corrected chi connectivity index (χ3v) is 6.40. The average Bonchev–Trinajstić information content (AvgIpc) is 3.78. The fourth-order valence-corrected chi connectivity index (χ4v) is 4.22. The van der Waals surface area contributed by atoms with Gasteiger partial charge in [0.25, 0.3) is 0 Å². The number of hydrogen-bond acceptors (Lipinski definition) is 6. The van der Waals surface area contributed by atoms with Gasteiger partial charge >= 0.3 is 0 Å². The molecule has 2 aromatic carbocycles. The number of nitrogens with zero attached hydrogens (tertiary/aromatic N) is 4. The first-order valence-corrected chi connectivity index (χ1v) is 11.6. The summed E-state index contributed by atoms with van der Waals surface area (Å²) in [5.74, 6) is 0.943. The number of hydrogen-bond donors (Lipinski definition) is 1. The fourth-order valence-electron chi connectivity index (χ4n) is 4.22. The topological polar surface area (TPSA) is 84.2 Å². The molecule has 7 nitrogen and oxygen atoms in total. The minimum atomic E-state index is -0.318. The Kier molecular flexibility index (Phi) is 5.20. The summed E-state index contributed by atoms with van der Waals surface area (Å²) in [6.45, 7) is 0.225. The molecule has 1 N–H and O–H groups in total. The molecule has 34 heavy (non-hydrogen) atoms. The first kappa shape index (κ1) is 20.8. The summed E-state index contributed by atoms with van der Waals surface area (Å²) in [5.41, 5.74) is 3.20. The summed E-state index contributed by atoms with van der Waals surface area (Å²) in [5, 5.41) is 8.08. The second-order valence-electron chi connectivity index (χ2n) is 9.09. The lowest BCUT2D eigenvalue weighted by atomic mass is 10.0. The van der Waals surface area contributed by atoms with Gasteiger partial charge in [-0.3, -0.25) is 4.79 Å². The van der Waals surface area contributed by atoms with E-state index in [0.29, 0.717) is 17.4 Å². The van der Waals surface area contributed by atoms with Gasteiger partial charge in [0.05, 0.1) is 18.1 Å². The number of anilines is 1. The number of fused-ring (bicyclic) bond motifs is 1. The maximum Gasteiger partial charge on any atom is 0.230 e. The van der Waals surface area contributed by atoms with Crippen molar-refractivity contribution in [1.29, 1.82) is 0 Å². The maximum absolute atomic E-state index is 14.8. The van der Waals surface area contributed by atoms with Gasteiger partial charge in [0, 0.05) is 35.6 Å². The molecule has 0 radical (unpaired) electrons. The van der Waals surface area contributed by atoms with Gasteiger partial charge in [0.15, 0.2) is 0 Å². The molecule has 8 heteroatoms. The van der Waals surface area contributed by atoms with Gasteiger partial charge in [0.1, 0.15) is 23.7 Å². The van der Waals surface area contributed by atoms with Crippen LogP contribution in [0.1, 0.15) is 37.0 Å². The molecule has 1 amide bonds. The predicted molar refractivity (Wildman–Crippen MR) is 125 cm³/mol. The highest BCUT2D eigenvalue weighted by molar-refractivity contribution is 5.92. The van der Waals surface area contributed by atoms with Crippen molar-refractivity contribution in [2.45, 2.75) is 50.7 Å². The number of carbonyl (C=O) groups is 1. The van der Waals surface area contributed by atoms with Crippen LogP contribution in [0, 0.1) is 5.82 Å². The van der Waals surface area contributed by atoms with Crippen LogP contribution in [-0.2, 0) is 17.8 Å². The van der Waals surface area contributed by atoms with E-state index >= 15 is 0 Å². The molecule has 172 valence electrons. The number of halogens is 1. The maximum atomic E-state index is 14.8. The molecule has 2 heterocycles. The first-order chi connectivity index (χ1) is 16.6. The molecule has 0 atom stereocenters. The largest absolute Gasteiger partial charge is 0.367 e. The summed E-state index contributed by atoms with van der Waals surface area (Å²) >= 11 is 0. The Labute approximate surface area is 196 Å². The number of benzene rings is 2. The van der Waals surface area contributed by atoms with Gasteiger partial charge in [-0.15, -0.1) is 0 Å². The van der Waals surface area contributed by atoms with Crippen LogP contribution in [0.25, 0.3) is 22.0 Å². The molecule has 0 aliphatic heterocycles. The second kappa shape index (κ2) is 8.52. The molecular formula is C26H24FN5O2. The molecule has 2 aromatic heterocycles. The quantitative estimate of drug-likeness (QED) is 0.412. The minimum absolute atomic E-state index is 0.0808. The minimum Gasteiger partial charge on any atom is -0.367 e. The van der Waals surface area contributed by atoms with Crippen LogP contribution in [-0.4, -0.2) is 38.0 Å². The van der Waals surface area contributed by atoms with E-state index in [0.717, 1.165) is 53.5 Å². The van der Waals surface area contributed by atoms with Crippen LogP contribution < -0.4 is 5.32 Å². The van der Waals surface area contributed by atoms with E-state index in [1.807, 2.05) is 24.3 Å². The molecule has 6 rings (SSSR count). The van der Waals surface area contributed by atoms with Crippen molar-refractivity contribution in [3.8, 4) is 11.1 Å². The number of carbonyl (C=O) groups excluding carboxylic acids is 1. The van der Waals surface area contributed by atoms with E-state index in [1.54, 1.807) is 23.4 Å². The molecule has 0 saturated heterocycles. The molecule has 0 spiro atoms. The first-order valence-electron chi connectivity index (χ1n) is 11.6. The average molecular weight is 458 g/mol. The summed E-state index contributed by atoms with van der Waals surface area (Å²) in [6, 6.07) is 13.4. The summed E-state index contributed by atoms with van der Waals surface area (Å²) in [7, 11) is 0. The van der Waals surface area contributed by atoms with Crippen molar-refractivity contribution in [2.24, 2.45) is 0 Å². The molecule has 0 bridgehead atoms. The molecule has 4 aromatic rings. The molecule has 2 fully saturated rings. The second-order valence-corrected chi connectivity index (χ2v) is 9.09. The zero-order chi connectivity index (χ0) is 23.1. The lowest BCUT2D eigenvalue weighted by Gasteiger charge is -2.23. The fraction of sp³-hybridized carbons (Fsp3) is 0.308. The van der Waals surface area contributed by atoms with Crippen LogP contribution in [0.3, 0.4) is 0 Å². The third kappa shape index (κ3) is 4.35. The van der Waals surface area contributed by atoms with Crippen LogP contribution in [0.4, 0.5) is 10.2 Å². The number of nitrogens with one attached hydrogen (secondary N) is 1. The number of aromatic nitrogens is 3. The Morgan fingerprint density at radius 3 is 2.65 bits per heavy atom. The van der Waals surface area contributed by atoms with E-state index < -0.39 is 0 Å². The van der Waals surface area contributed by atoms with E-state index in [1.165, 1.54) is 12.3 Å². The lowest BCUT2D eigenvalue weighted by Crippen LogP contribution is -2.34. The van der Waals surface area contributed by atoms with Gasteiger partial charge < -0.3 is 14.7 Å². The van der Waals surface area contributed by atoms with Crippen LogP contribution >= 0.6 is 0 Å². The number of amides is 1. The summed E-state index contributed by atoms with van der Waals surface area (Å²) in [4.78, 5) is 23.5. The molecule has 2 saturated carbocycles. The van der Waals surface area contributed by atoms with E-state index in [4.69, 9.17) is 4.52 Å². The van der Waals surface area contributed by atoms with Crippen molar-refractivity contribution in [3.63, 3.8) is 0 Å². The van der Waals surface area contributed by atoms with Crippen molar-refractivity contribution >= 4 is 22.6 Å². The Morgan fingerprint density at radius 1 is 1.06 bits per heavy atom. The van der Waals surface area contributed by atoms with Gasteiger partial charge in [-0.05, 0) is 61.1 Å². The van der Waals surface area contributed by atoms with E-state index in [-0.39, 0.29) is 30.7 Å². The Morgan fingerprint density at radius 2 is 1.88 bits per heavy atom. The molecule has 0 unspecified atom stereocenters. The zero-order valence-corrected chi connectivity index (χ0v) is 18.6. The van der Waals surface area contributed by atoms with Gasteiger partial charge in [-0.1, -0.05) is 17.3 Å². The van der Waals surface area contributed by atoms with E-state index in [2.05, 4.69) is 20.4 Å². The smallest absolute Gasteiger partial charge is 0.230 e. The van der Waals surface area contributed by atoms with Crippen molar-refractivity contribution in [3.05, 3.63) is 72.1 Å². The Balaban J connectivity index is 1.29.